The Labute approximate surface area is 172 Å². The minimum atomic E-state index is -0.799. The van der Waals surface area contributed by atoms with Gasteiger partial charge in [0.05, 0.1) is 5.69 Å². The van der Waals surface area contributed by atoms with Gasteiger partial charge in [0, 0.05) is 37.7 Å². The van der Waals surface area contributed by atoms with Crippen LogP contribution in [0.1, 0.15) is 5.56 Å². The van der Waals surface area contributed by atoms with Gasteiger partial charge in [-0.05, 0) is 35.9 Å². The SMILES string of the molecule is O=C(Nc1cc(Cl)ccc1O)C(=O)N1CCN(Cc2ccc3c(c2)OCO3)CC1. The van der Waals surface area contributed by atoms with Gasteiger partial charge in [-0.1, -0.05) is 17.7 Å². The van der Waals surface area contributed by atoms with Crippen molar-refractivity contribution >= 4 is 29.1 Å². The quantitative estimate of drug-likeness (QED) is 0.586. The third-order valence-electron chi connectivity index (χ3n) is 4.90. The van der Waals surface area contributed by atoms with Crippen molar-refractivity contribution in [1.29, 1.82) is 0 Å². The Morgan fingerprint density at radius 3 is 2.59 bits per heavy atom. The van der Waals surface area contributed by atoms with E-state index >= 15 is 0 Å². The number of phenols is 1. The molecule has 29 heavy (non-hydrogen) atoms. The standard InChI is InChI=1S/C20H20ClN3O5/c21-14-2-3-16(25)15(10-14)22-19(26)20(27)24-7-5-23(6-8-24)11-13-1-4-17-18(9-13)29-12-28-17/h1-4,9-10,25H,5-8,11-12H2,(H,22,26). The molecule has 9 heteroatoms. The van der Waals surface area contributed by atoms with Gasteiger partial charge in [0.25, 0.3) is 0 Å². The summed E-state index contributed by atoms with van der Waals surface area (Å²) in [5, 5.41) is 12.6. The number of carbonyl (C=O) groups excluding carboxylic acids is 2. The average Bonchev–Trinajstić information content (AvgIpc) is 3.18. The van der Waals surface area contributed by atoms with Crippen molar-refractivity contribution in [3.63, 3.8) is 0 Å². The van der Waals surface area contributed by atoms with E-state index in [1.165, 1.54) is 23.1 Å². The van der Waals surface area contributed by atoms with Gasteiger partial charge in [0.2, 0.25) is 6.79 Å². The normalized spacial score (nSPS) is 16.0. The van der Waals surface area contributed by atoms with Crippen LogP contribution >= 0.6 is 11.6 Å². The van der Waals surface area contributed by atoms with E-state index in [0.29, 0.717) is 31.2 Å². The molecular weight excluding hydrogens is 398 g/mol. The fraction of sp³-hybridized carbons (Fsp3) is 0.300. The van der Waals surface area contributed by atoms with E-state index in [4.69, 9.17) is 21.1 Å². The lowest BCUT2D eigenvalue weighted by molar-refractivity contribution is -0.144. The van der Waals surface area contributed by atoms with Crippen LogP contribution in [-0.4, -0.2) is 59.7 Å². The summed E-state index contributed by atoms with van der Waals surface area (Å²) in [6.45, 7) is 3.15. The Kier molecular flexibility index (Phi) is 5.46. The van der Waals surface area contributed by atoms with E-state index in [2.05, 4.69) is 10.2 Å². The van der Waals surface area contributed by atoms with Crippen LogP contribution in [-0.2, 0) is 16.1 Å². The zero-order valence-electron chi connectivity index (χ0n) is 15.6. The van der Waals surface area contributed by atoms with Crippen LogP contribution in [0.3, 0.4) is 0 Å². The highest BCUT2D eigenvalue weighted by Gasteiger charge is 2.27. The van der Waals surface area contributed by atoms with Crippen molar-refractivity contribution < 1.29 is 24.2 Å². The van der Waals surface area contributed by atoms with Gasteiger partial charge < -0.3 is 24.8 Å². The fourth-order valence-electron chi connectivity index (χ4n) is 3.33. The van der Waals surface area contributed by atoms with Crippen molar-refractivity contribution in [3.8, 4) is 17.2 Å². The first-order valence-electron chi connectivity index (χ1n) is 9.19. The van der Waals surface area contributed by atoms with E-state index in [1.807, 2.05) is 18.2 Å². The summed E-state index contributed by atoms with van der Waals surface area (Å²) in [5.74, 6) is -0.0823. The predicted octanol–water partition coefficient (Wildman–Crippen LogP) is 2.06. The Bertz CT molecular complexity index is 944. The van der Waals surface area contributed by atoms with Crippen molar-refractivity contribution in [1.82, 2.24) is 9.80 Å². The van der Waals surface area contributed by atoms with Gasteiger partial charge in [0.1, 0.15) is 5.75 Å². The summed E-state index contributed by atoms with van der Waals surface area (Å²) in [4.78, 5) is 28.4. The monoisotopic (exact) mass is 417 g/mol. The summed E-state index contributed by atoms with van der Waals surface area (Å²) < 4.78 is 10.7. The first-order chi connectivity index (χ1) is 14.0. The number of amides is 2. The number of rotatable bonds is 3. The Morgan fingerprint density at radius 1 is 1.03 bits per heavy atom. The number of aromatic hydroxyl groups is 1. The van der Waals surface area contributed by atoms with Gasteiger partial charge >= 0.3 is 11.8 Å². The highest BCUT2D eigenvalue weighted by molar-refractivity contribution is 6.40. The molecule has 2 heterocycles. The summed E-state index contributed by atoms with van der Waals surface area (Å²) in [6, 6.07) is 10.1. The predicted molar refractivity (Wildman–Crippen MR) is 106 cm³/mol. The maximum atomic E-state index is 12.4. The number of nitrogens with one attached hydrogen (secondary N) is 1. The molecule has 0 aliphatic carbocycles. The van der Waals surface area contributed by atoms with E-state index in [0.717, 1.165) is 23.6 Å². The zero-order valence-corrected chi connectivity index (χ0v) is 16.3. The lowest BCUT2D eigenvalue weighted by atomic mass is 10.1. The summed E-state index contributed by atoms with van der Waals surface area (Å²) in [6.07, 6.45) is 0. The van der Waals surface area contributed by atoms with Crippen LogP contribution in [0.15, 0.2) is 36.4 Å². The van der Waals surface area contributed by atoms with Gasteiger partial charge in [-0.25, -0.2) is 0 Å². The molecule has 0 atom stereocenters. The van der Waals surface area contributed by atoms with Crippen LogP contribution in [0.25, 0.3) is 0 Å². The third kappa shape index (κ3) is 4.38. The second-order valence-electron chi connectivity index (χ2n) is 6.87. The van der Waals surface area contributed by atoms with Gasteiger partial charge in [-0.2, -0.15) is 0 Å². The van der Waals surface area contributed by atoms with Crippen molar-refractivity contribution in [2.75, 3.05) is 38.3 Å². The Hall–Kier alpha value is -2.97. The molecule has 8 nitrogen and oxygen atoms in total. The Morgan fingerprint density at radius 2 is 1.79 bits per heavy atom. The van der Waals surface area contributed by atoms with Crippen LogP contribution in [0.2, 0.25) is 5.02 Å². The van der Waals surface area contributed by atoms with Gasteiger partial charge in [0.15, 0.2) is 11.5 Å². The maximum absolute atomic E-state index is 12.4. The molecule has 0 unspecified atom stereocenters. The van der Waals surface area contributed by atoms with Crippen molar-refractivity contribution in [2.45, 2.75) is 6.54 Å². The van der Waals surface area contributed by atoms with E-state index in [1.54, 1.807) is 0 Å². The fourth-order valence-corrected chi connectivity index (χ4v) is 3.51. The molecule has 0 aromatic heterocycles. The molecule has 0 bridgehead atoms. The summed E-state index contributed by atoms with van der Waals surface area (Å²) in [5.41, 5.74) is 1.21. The molecule has 4 rings (SSSR count). The number of hydrogen-bond donors (Lipinski definition) is 2. The summed E-state index contributed by atoms with van der Waals surface area (Å²) in [7, 11) is 0. The summed E-state index contributed by atoms with van der Waals surface area (Å²) >= 11 is 5.86. The number of ether oxygens (including phenoxy) is 2. The van der Waals surface area contributed by atoms with Crippen molar-refractivity contribution in [3.05, 3.63) is 47.0 Å². The minimum absolute atomic E-state index is 0.109. The highest BCUT2D eigenvalue weighted by Crippen LogP contribution is 2.33. The van der Waals surface area contributed by atoms with Crippen LogP contribution < -0.4 is 14.8 Å². The topological polar surface area (TPSA) is 91.3 Å². The van der Waals surface area contributed by atoms with Crippen LogP contribution in [0.4, 0.5) is 5.69 Å². The van der Waals surface area contributed by atoms with Crippen molar-refractivity contribution in [2.24, 2.45) is 0 Å². The second-order valence-corrected chi connectivity index (χ2v) is 7.31. The molecule has 0 saturated carbocycles. The molecule has 152 valence electrons. The van der Waals surface area contributed by atoms with E-state index in [9.17, 15) is 14.7 Å². The third-order valence-corrected chi connectivity index (χ3v) is 5.14. The van der Waals surface area contributed by atoms with E-state index < -0.39 is 11.8 Å². The first kappa shape index (κ1) is 19.4. The zero-order chi connectivity index (χ0) is 20.4. The molecule has 2 amide bonds. The molecular formula is C20H20ClN3O5. The molecule has 1 fully saturated rings. The first-order valence-corrected chi connectivity index (χ1v) is 9.57. The molecule has 2 aromatic carbocycles. The number of phenolic OH excluding ortho intramolecular Hbond substituents is 1. The smallest absolute Gasteiger partial charge is 0.314 e. The minimum Gasteiger partial charge on any atom is -0.506 e. The average molecular weight is 418 g/mol. The van der Waals surface area contributed by atoms with Gasteiger partial charge in [-0.15, -0.1) is 0 Å². The molecule has 2 aliphatic heterocycles. The molecule has 2 aliphatic rings. The molecule has 2 N–H and O–H groups in total. The lowest BCUT2D eigenvalue weighted by Gasteiger charge is -2.34. The molecule has 1 saturated heterocycles. The largest absolute Gasteiger partial charge is 0.506 e. The Balaban J connectivity index is 1.30. The van der Waals surface area contributed by atoms with Crippen LogP contribution in [0.5, 0.6) is 17.2 Å². The number of halogens is 1. The second kappa shape index (κ2) is 8.18. The number of hydrogen-bond acceptors (Lipinski definition) is 6. The number of piperazine rings is 1. The lowest BCUT2D eigenvalue weighted by Crippen LogP contribution is -2.51. The molecule has 0 spiro atoms. The maximum Gasteiger partial charge on any atom is 0.314 e. The molecule has 0 radical (unpaired) electrons. The highest BCUT2D eigenvalue weighted by atomic mass is 35.5. The molecule has 2 aromatic rings. The van der Waals surface area contributed by atoms with E-state index in [-0.39, 0.29) is 18.2 Å². The number of carbonyl (C=O) groups is 2. The number of nitrogens with zero attached hydrogens (tertiary/aromatic N) is 2. The number of fused-ring (bicyclic) bond motifs is 1. The number of anilines is 1. The van der Waals surface area contributed by atoms with Gasteiger partial charge in [-0.3, -0.25) is 14.5 Å². The van der Waals surface area contributed by atoms with Crippen LogP contribution in [0, 0.1) is 0 Å². The number of benzene rings is 2.